The summed E-state index contributed by atoms with van der Waals surface area (Å²) in [6.07, 6.45) is 1.01. The third-order valence-corrected chi connectivity index (χ3v) is 4.13. The van der Waals surface area contributed by atoms with Crippen LogP contribution in [0.1, 0.15) is 13.3 Å². The maximum absolute atomic E-state index is 10.5. The van der Waals surface area contributed by atoms with Crippen molar-refractivity contribution in [1.29, 1.82) is 0 Å². The summed E-state index contributed by atoms with van der Waals surface area (Å²) in [5, 5.41) is 10.5. The number of anilines is 2. The van der Waals surface area contributed by atoms with E-state index in [2.05, 4.69) is 4.90 Å². The molecule has 4 heteroatoms. The lowest BCUT2D eigenvalue weighted by Gasteiger charge is -2.36. The van der Waals surface area contributed by atoms with Gasteiger partial charge in [0.25, 0.3) is 0 Å². The zero-order valence-corrected chi connectivity index (χ0v) is 11.4. The van der Waals surface area contributed by atoms with Crippen LogP contribution in [0.4, 0.5) is 11.4 Å². The summed E-state index contributed by atoms with van der Waals surface area (Å²) in [5.74, 6) is 0.269. The van der Waals surface area contributed by atoms with Gasteiger partial charge in [0.2, 0.25) is 0 Å². The molecule has 0 spiro atoms. The molecule has 3 N–H and O–H groups in total. The van der Waals surface area contributed by atoms with Crippen molar-refractivity contribution >= 4 is 11.4 Å². The van der Waals surface area contributed by atoms with Gasteiger partial charge in [-0.25, -0.2) is 0 Å². The van der Waals surface area contributed by atoms with E-state index in [1.807, 2.05) is 50.2 Å². The first kappa shape index (κ1) is 13.2. The Bertz CT molecular complexity index is 400. The van der Waals surface area contributed by atoms with Gasteiger partial charge in [-0.15, -0.1) is 0 Å². The van der Waals surface area contributed by atoms with Crippen molar-refractivity contribution in [3.8, 4) is 0 Å². The molecule has 0 bridgehead atoms. The molecule has 2 atom stereocenters. The van der Waals surface area contributed by atoms with Gasteiger partial charge >= 0.3 is 0 Å². The quantitative estimate of drug-likeness (QED) is 0.627. The lowest BCUT2D eigenvalue weighted by molar-refractivity contribution is -0.106. The van der Waals surface area contributed by atoms with Crippen molar-refractivity contribution in [2.24, 2.45) is 5.92 Å². The van der Waals surface area contributed by atoms with Crippen molar-refractivity contribution in [2.45, 2.75) is 19.1 Å². The molecule has 1 heterocycles. The molecular formula is C14H23N3O. The van der Waals surface area contributed by atoms with Gasteiger partial charge in [0.15, 0.2) is 0 Å². The van der Waals surface area contributed by atoms with Crippen LogP contribution in [0.15, 0.2) is 24.3 Å². The van der Waals surface area contributed by atoms with E-state index in [0.29, 0.717) is 0 Å². The van der Waals surface area contributed by atoms with Crippen LogP contribution in [0.2, 0.25) is 0 Å². The second-order valence-corrected chi connectivity index (χ2v) is 5.51. The average Bonchev–Trinajstić information content (AvgIpc) is 2.79. The van der Waals surface area contributed by atoms with Crippen LogP contribution in [-0.4, -0.2) is 42.9 Å². The third-order valence-electron chi connectivity index (χ3n) is 4.13. The van der Waals surface area contributed by atoms with Gasteiger partial charge < -0.3 is 15.7 Å². The van der Waals surface area contributed by atoms with E-state index in [0.717, 1.165) is 25.2 Å². The van der Waals surface area contributed by atoms with Crippen LogP contribution < -0.4 is 10.6 Å². The molecule has 0 saturated carbocycles. The van der Waals surface area contributed by atoms with Crippen LogP contribution in [0.5, 0.6) is 0 Å². The monoisotopic (exact) mass is 249 g/mol. The lowest BCUT2D eigenvalue weighted by Crippen LogP contribution is -2.48. The van der Waals surface area contributed by atoms with Gasteiger partial charge in [-0.2, -0.15) is 0 Å². The predicted octanol–water partition coefficient (Wildman–Crippen LogP) is 1.37. The smallest absolute Gasteiger partial charge is 0.119 e. The molecule has 0 aliphatic carbocycles. The number of nitrogens with two attached hydrogens (primary N) is 1. The minimum atomic E-state index is -0.747. The maximum atomic E-state index is 10.5. The number of nitrogens with zero attached hydrogens (tertiary/aromatic N) is 2. The highest BCUT2D eigenvalue weighted by Crippen LogP contribution is 2.32. The van der Waals surface area contributed by atoms with Gasteiger partial charge in [-0.05, 0) is 51.7 Å². The Morgan fingerprint density at radius 2 is 1.94 bits per heavy atom. The fourth-order valence-electron chi connectivity index (χ4n) is 2.49. The van der Waals surface area contributed by atoms with E-state index < -0.39 is 5.72 Å². The topological polar surface area (TPSA) is 52.7 Å². The van der Waals surface area contributed by atoms with E-state index in [1.165, 1.54) is 5.69 Å². The molecular weight excluding hydrogens is 226 g/mol. The predicted molar refractivity (Wildman–Crippen MR) is 75.5 cm³/mol. The Morgan fingerprint density at radius 1 is 1.33 bits per heavy atom. The van der Waals surface area contributed by atoms with Crippen LogP contribution in [0.25, 0.3) is 0 Å². The molecule has 1 saturated heterocycles. The minimum Gasteiger partial charge on any atom is -0.399 e. The molecule has 0 radical (unpaired) electrons. The molecule has 1 aromatic rings. The van der Waals surface area contributed by atoms with Gasteiger partial charge in [-0.1, -0.05) is 0 Å². The van der Waals surface area contributed by atoms with Crippen LogP contribution in [0.3, 0.4) is 0 Å². The first-order valence-corrected chi connectivity index (χ1v) is 6.41. The van der Waals surface area contributed by atoms with Crippen molar-refractivity contribution in [2.75, 3.05) is 37.8 Å². The normalized spacial score (nSPS) is 23.4. The summed E-state index contributed by atoms with van der Waals surface area (Å²) in [4.78, 5) is 4.20. The molecule has 2 unspecified atom stereocenters. The molecule has 1 fully saturated rings. The van der Waals surface area contributed by atoms with E-state index in [-0.39, 0.29) is 5.92 Å². The Labute approximate surface area is 109 Å². The summed E-state index contributed by atoms with van der Waals surface area (Å²) in [7, 11) is 3.84. The standard InChI is InChI=1S/C14H23N3O/c1-14(18,16(2)3)11-8-9-17(10-11)13-6-4-12(15)5-7-13/h4-7,11,18H,8-10,15H2,1-3H3. The van der Waals surface area contributed by atoms with Crippen molar-refractivity contribution in [1.82, 2.24) is 4.90 Å². The first-order valence-electron chi connectivity index (χ1n) is 6.41. The second kappa shape index (κ2) is 4.78. The number of hydrogen-bond donors (Lipinski definition) is 2. The van der Waals surface area contributed by atoms with E-state index in [9.17, 15) is 5.11 Å². The molecule has 100 valence electrons. The molecule has 4 nitrogen and oxygen atoms in total. The van der Waals surface area contributed by atoms with E-state index in [1.54, 1.807) is 0 Å². The fourth-order valence-corrected chi connectivity index (χ4v) is 2.49. The number of rotatable bonds is 3. The Kier molecular flexibility index (Phi) is 3.50. The van der Waals surface area contributed by atoms with Crippen molar-refractivity contribution in [3.63, 3.8) is 0 Å². The largest absolute Gasteiger partial charge is 0.399 e. The van der Waals surface area contributed by atoms with Crippen LogP contribution in [0, 0.1) is 5.92 Å². The first-order chi connectivity index (χ1) is 8.41. The number of benzene rings is 1. The van der Waals surface area contributed by atoms with Crippen molar-refractivity contribution < 1.29 is 5.11 Å². The average molecular weight is 249 g/mol. The highest BCUT2D eigenvalue weighted by molar-refractivity contribution is 5.53. The Hall–Kier alpha value is -1.26. The zero-order chi connectivity index (χ0) is 13.3. The van der Waals surface area contributed by atoms with Crippen molar-refractivity contribution in [3.05, 3.63) is 24.3 Å². The van der Waals surface area contributed by atoms with E-state index in [4.69, 9.17) is 5.73 Å². The summed E-state index contributed by atoms with van der Waals surface area (Å²) in [5.41, 5.74) is 6.92. The lowest BCUT2D eigenvalue weighted by atomic mass is 9.95. The molecule has 1 aromatic carbocycles. The summed E-state index contributed by atoms with van der Waals surface area (Å²) >= 11 is 0. The van der Waals surface area contributed by atoms with Gasteiger partial charge in [0, 0.05) is 30.4 Å². The van der Waals surface area contributed by atoms with Crippen LogP contribution >= 0.6 is 0 Å². The molecule has 2 rings (SSSR count). The highest BCUT2D eigenvalue weighted by Gasteiger charge is 2.38. The fraction of sp³-hybridized carbons (Fsp3) is 0.571. The van der Waals surface area contributed by atoms with Gasteiger partial charge in [0.1, 0.15) is 5.72 Å². The number of nitrogen functional groups attached to an aromatic ring is 1. The molecule has 1 aliphatic rings. The number of hydrogen-bond acceptors (Lipinski definition) is 4. The minimum absolute atomic E-state index is 0.269. The highest BCUT2D eigenvalue weighted by atomic mass is 16.3. The summed E-state index contributed by atoms with van der Waals surface area (Å²) < 4.78 is 0. The molecule has 1 aliphatic heterocycles. The summed E-state index contributed by atoms with van der Waals surface area (Å²) in [6.45, 7) is 3.76. The van der Waals surface area contributed by atoms with Gasteiger partial charge in [0.05, 0.1) is 0 Å². The molecule has 0 aromatic heterocycles. The molecule has 18 heavy (non-hydrogen) atoms. The zero-order valence-electron chi connectivity index (χ0n) is 11.4. The summed E-state index contributed by atoms with van der Waals surface area (Å²) in [6, 6.07) is 7.93. The third kappa shape index (κ3) is 2.44. The maximum Gasteiger partial charge on any atom is 0.119 e. The number of aliphatic hydroxyl groups is 1. The molecule has 0 amide bonds. The second-order valence-electron chi connectivity index (χ2n) is 5.51. The van der Waals surface area contributed by atoms with E-state index >= 15 is 0 Å². The SMILES string of the molecule is CN(C)C(C)(O)C1CCN(c2ccc(N)cc2)C1. The Balaban J connectivity index is 2.07. The van der Waals surface area contributed by atoms with Crippen LogP contribution in [-0.2, 0) is 0 Å². The Morgan fingerprint density at radius 3 is 2.50 bits per heavy atom. The van der Waals surface area contributed by atoms with Gasteiger partial charge in [-0.3, -0.25) is 4.90 Å².